The third kappa shape index (κ3) is 6.74. The largest absolute Gasteiger partial charge is 0.383 e. The molecular formula is C17H27N3O4S. The van der Waals surface area contributed by atoms with Crippen LogP contribution in [0.1, 0.15) is 24.8 Å². The van der Waals surface area contributed by atoms with Gasteiger partial charge < -0.3 is 15.4 Å². The first-order valence-corrected chi connectivity index (χ1v) is 10.0. The van der Waals surface area contributed by atoms with Gasteiger partial charge in [0.15, 0.2) is 0 Å². The molecule has 25 heavy (non-hydrogen) atoms. The Morgan fingerprint density at radius 3 is 2.96 bits per heavy atom. The number of hydrogen-bond donors (Lipinski definition) is 3. The van der Waals surface area contributed by atoms with Crippen LogP contribution in [-0.4, -0.2) is 47.7 Å². The maximum atomic E-state index is 12.2. The standard InChI is InChI=1S/C17H27N3O4S/c1-24-10-9-20-25(22,23)16-4-2-3-15(11-16)13-19-17(21)6-5-14-7-8-18-12-14/h2-4,11,14,18,20H,5-10,12-13H2,1H3,(H,19,21). The zero-order valence-electron chi connectivity index (χ0n) is 14.6. The van der Waals surface area contributed by atoms with Crippen LogP contribution in [0.15, 0.2) is 29.2 Å². The maximum absolute atomic E-state index is 12.2. The van der Waals surface area contributed by atoms with Gasteiger partial charge in [0, 0.05) is 26.6 Å². The molecule has 8 heteroatoms. The van der Waals surface area contributed by atoms with Gasteiger partial charge in [-0.15, -0.1) is 0 Å². The number of hydrogen-bond acceptors (Lipinski definition) is 5. The lowest BCUT2D eigenvalue weighted by atomic mass is 10.0. The van der Waals surface area contributed by atoms with Gasteiger partial charge in [-0.3, -0.25) is 4.79 Å². The second-order valence-electron chi connectivity index (χ2n) is 6.21. The SMILES string of the molecule is COCCNS(=O)(=O)c1cccc(CNC(=O)CCC2CCNC2)c1. The normalized spacial score (nSPS) is 17.6. The Hall–Kier alpha value is -1.48. The van der Waals surface area contributed by atoms with Gasteiger partial charge in [-0.1, -0.05) is 12.1 Å². The molecule has 0 spiro atoms. The van der Waals surface area contributed by atoms with Crippen molar-refractivity contribution in [2.45, 2.75) is 30.7 Å². The van der Waals surface area contributed by atoms with Crippen LogP contribution in [0, 0.1) is 5.92 Å². The van der Waals surface area contributed by atoms with Crippen LogP contribution in [0.25, 0.3) is 0 Å². The van der Waals surface area contributed by atoms with Crippen molar-refractivity contribution in [1.82, 2.24) is 15.4 Å². The summed E-state index contributed by atoms with van der Waals surface area (Å²) < 4.78 is 31.7. The Kier molecular flexibility index (Phi) is 7.83. The van der Waals surface area contributed by atoms with E-state index >= 15 is 0 Å². The lowest BCUT2D eigenvalue weighted by molar-refractivity contribution is -0.121. The maximum Gasteiger partial charge on any atom is 0.240 e. The predicted octanol–water partition coefficient (Wildman–Crippen LogP) is 0.617. The molecule has 1 aromatic carbocycles. The first-order valence-electron chi connectivity index (χ1n) is 8.56. The molecule has 1 unspecified atom stereocenters. The highest BCUT2D eigenvalue weighted by Crippen LogP contribution is 2.14. The molecular weight excluding hydrogens is 342 g/mol. The molecule has 140 valence electrons. The van der Waals surface area contributed by atoms with Gasteiger partial charge in [0.25, 0.3) is 0 Å². The molecule has 1 aliphatic rings. The summed E-state index contributed by atoms with van der Waals surface area (Å²) >= 11 is 0. The van der Waals surface area contributed by atoms with Crippen LogP contribution in [0.3, 0.4) is 0 Å². The zero-order valence-corrected chi connectivity index (χ0v) is 15.4. The molecule has 1 amide bonds. The van der Waals surface area contributed by atoms with E-state index in [-0.39, 0.29) is 17.3 Å². The topological polar surface area (TPSA) is 96.5 Å². The molecule has 3 N–H and O–H groups in total. The Labute approximate surface area is 149 Å². The summed E-state index contributed by atoms with van der Waals surface area (Å²) in [6, 6.07) is 6.59. The third-order valence-electron chi connectivity index (χ3n) is 4.24. The number of ether oxygens (including phenoxy) is 1. The van der Waals surface area contributed by atoms with Gasteiger partial charge in [-0.05, 0) is 49.5 Å². The van der Waals surface area contributed by atoms with Crippen molar-refractivity contribution in [2.24, 2.45) is 5.92 Å². The molecule has 1 aliphatic heterocycles. The molecule has 0 aliphatic carbocycles. The van der Waals surface area contributed by atoms with E-state index in [4.69, 9.17) is 4.74 Å². The number of carbonyl (C=O) groups excluding carboxylic acids is 1. The molecule has 1 aromatic rings. The molecule has 2 rings (SSSR count). The minimum atomic E-state index is -3.56. The van der Waals surface area contributed by atoms with Crippen molar-refractivity contribution in [1.29, 1.82) is 0 Å². The summed E-state index contributed by atoms with van der Waals surface area (Å²) in [5, 5.41) is 6.15. The van der Waals surface area contributed by atoms with Crippen molar-refractivity contribution in [2.75, 3.05) is 33.4 Å². The number of amides is 1. The van der Waals surface area contributed by atoms with Gasteiger partial charge in [-0.2, -0.15) is 0 Å². The van der Waals surface area contributed by atoms with Crippen LogP contribution in [-0.2, 0) is 26.1 Å². The fourth-order valence-electron chi connectivity index (χ4n) is 2.77. The van der Waals surface area contributed by atoms with Gasteiger partial charge in [0.2, 0.25) is 15.9 Å². The van der Waals surface area contributed by atoms with Crippen molar-refractivity contribution in [3.63, 3.8) is 0 Å². The van der Waals surface area contributed by atoms with Crippen molar-refractivity contribution >= 4 is 15.9 Å². The summed E-state index contributed by atoms with van der Waals surface area (Å²) in [6.45, 7) is 2.87. The van der Waals surface area contributed by atoms with Gasteiger partial charge in [0.1, 0.15) is 0 Å². The predicted molar refractivity (Wildman–Crippen MR) is 95.6 cm³/mol. The van der Waals surface area contributed by atoms with Crippen LogP contribution >= 0.6 is 0 Å². The number of carbonyl (C=O) groups is 1. The first kappa shape index (κ1) is 19.8. The van der Waals surface area contributed by atoms with E-state index in [1.807, 2.05) is 0 Å². The molecule has 0 radical (unpaired) electrons. The van der Waals surface area contributed by atoms with Crippen molar-refractivity contribution in [3.8, 4) is 0 Å². The molecule has 0 saturated carbocycles. The summed E-state index contributed by atoms with van der Waals surface area (Å²) in [5.41, 5.74) is 0.755. The van der Waals surface area contributed by atoms with Gasteiger partial charge in [0.05, 0.1) is 11.5 Å². The lowest BCUT2D eigenvalue weighted by Crippen LogP contribution is -2.27. The fourth-order valence-corrected chi connectivity index (χ4v) is 3.85. The van der Waals surface area contributed by atoms with E-state index in [0.717, 1.165) is 31.5 Å². The number of nitrogens with one attached hydrogen (secondary N) is 3. The second kappa shape index (κ2) is 9.86. The Bertz CT molecular complexity index is 658. The van der Waals surface area contributed by atoms with E-state index in [1.165, 1.54) is 13.2 Å². The summed E-state index contributed by atoms with van der Waals surface area (Å²) in [7, 11) is -2.05. The number of sulfonamides is 1. The minimum absolute atomic E-state index is 0.00150. The zero-order chi connectivity index (χ0) is 18.1. The number of methoxy groups -OCH3 is 1. The second-order valence-corrected chi connectivity index (χ2v) is 7.98. The van der Waals surface area contributed by atoms with E-state index in [1.54, 1.807) is 18.2 Å². The number of rotatable bonds is 10. The monoisotopic (exact) mass is 369 g/mol. The highest BCUT2D eigenvalue weighted by Gasteiger charge is 2.16. The van der Waals surface area contributed by atoms with E-state index in [2.05, 4.69) is 15.4 Å². The molecule has 1 heterocycles. The van der Waals surface area contributed by atoms with E-state index in [9.17, 15) is 13.2 Å². The molecule has 0 bridgehead atoms. The average molecular weight is 369 g/mol. The molecule has 7 nitrogen and oxygen atoms in total. The van der Waals surface area contributed by atoms with Crippen LogP contribution in [0.4, 0.5) is 0 Å². The Balaban J connectivity index is 1.82. The Morgan fingerprint density at radius 1 is 1.40 bits per heavy atom. The van der Waals surface area contributed by atoms with Crippen LogP contribution < -0.4 is 15.4 Å². The molecule has 1 saturated heterocycles. The van der Waals surface area contributed by atoms with Crippen molar-refractivity contribution in [3.05, 3.63) is 29.8 Å². The quantitative estimate of drug-likeness (QED) is 0.525. The van der Waals surface area contributed by atoms with E-state index in [0.29, 0.717) is 25.5 Å². The number of benzene rings is 1. The highest BCUT2D eigenvalue weighted by atomic mass is 32.2. The summed E-state index contributed by atoms with van der Waals surface area (Å²) in [5.74, 6) is 0.579. The smallest absolute Gasteiger partial charge is 0.240 e. The molecule has 1 atom stereocenters. The van der Waals surface area contributed by atoms with Gasteiger partial charge in [-0.25, -0.2) is 13.1 Å². The van der Waals surface area contributed by atoms with E-state index < -0.39 is 10.0 Å². The summed E-state index contributed by atoms with van der Waals surface area (Å²) in [4.78, 5) is 12.1. The third-order valence-corrected chi connectivity index (χ3v) is 5.70. The average Bonchev–Trinajstić information content (AvgIpc) is 3.12. The van der Waals surface area contributed by atoms with Gasteiger partial charge >= 0.3 is 0 Å². The Morgan fingerprint density at radius 2 is 2.24 bits per heavy atom. The highest BCUT2D eigenvalue weighted by molar-refractivity contribution is 7.89. The lowest BCUT2D eigenvalue weighted by Gasteiger charge is -2.10. The molecule has 1 fully saturated rings. The fraction of sp³-hybridized carbons (Fsp3) is 0.588. The summed E-state index contributed by atoms with van der Waals surface area (Å²) in [6.07, 6.45) is 2.52. The van der Waals surface area contributed by atoms with Crippen LogP contribution in [0.5, 0.6) is 0 Å². The molecule has 0 aromatic heterocycles. The first-order chi connectivity index (χ1) is 12.0. The van der Waals surface area contributed by atoms with Crippen LogP contribution in [0.2, 0.25) is 0 Å². The van der Waals surface area contributed by atoms with Crippen molar-refractivity contribution < 1.29 is 17.9 Å². The minimum Gasteiger partial charge on any atom is -0.383 e.